The fraction of sp³-hybridized carbons (Fsp3) is 0.234. The number of carbonyl (C=O) groups excluding carboxylic acids is 3. The fourth-order valence-electron chi connectivity index (χ4n) is 9.20. The van der Waals surface area contributed by atoms with Crippen molar-refractivity contribution in [2.45, 2.75) is 152 Å². The van der Waals surface area contributed by atoms with Gasteiger partial charge in [-0.25, -0.2) is 0 Å². The maximum atomic E-state index is 12.9. The van der Waals surface area contributed by atoms with Crippen LogP contribution in [0.4, 0.5) is 0 Å². The minimum absolute atomic E-state index is 0. The van der Waals surface area contributed by atoms with Crippen LogP contribution in [0, 0.1) is 76.6 Å². The van der Waals surface area contributed by atoms with Gasteiger partial charge in [-0.1, -0.05) is 264 Å². The SMILES string of the molecule is CC.CC.CC.CC.CC.CC.CC.CC.CC.CC(=O)c1ccccc1C.CC(=O)c1ccccc1C.O=C1c2ccccc2-c2cnc(-c3[c-]cccc3)c3cccc1c23.[CH3-].[CH3-].[CH3-].[CH3-].[CH3-].[CH3-].[Ir+3].[Ir+3].[Ir+3].[c-]1ccccc1-c1nccc2ccccc12.[c-]1ccccc1-c1nccc2ccccc12. The number of pyridine rings is 3. The monoisotopic (exact) mass is 1920 g/mol. The van der Waals surface area contributed by atoms with Crippen molar-refractivity contribution in [2.24, 2.45) is 0 Å². The third-order valence-electron chi connectivity index (χ3n) is 12.9. The molecule has 0 spiro atoms. The summed E-state index contributed by atoms with van der Waals surface area (Å²) in [5, 5.41) is 6.76. The Hall–Kier alpha value is -7.83. The Morgan fingerprint density at radius 1 is 0.301 bits per heavy atom. The average Bonchev–Trinajstić information content (AvgIpc) is 0.733. The summed E-state index contributed by atoms with van der Waals surface area (Å²) in [5.41, 5.74) is 13.1. The number of rotatable bonds is 5. The Labute approximate surface area is 670 Å². The molecule has 1 aliphatic carbocycles. The molecule has 9 aromatic carbocycles. The van der Waals surface area contributed by atoms with Gasteiger partial charge in [0.25, 0.3) is 0 Å². The van der Waals surface area contributed by atoms with Gasteiger partial charge in [-0.05, 0) is 106 Å². The second-order valence-corrected chi connectivity index (χ2v) is 18.0. The average molecular weight is 1920 g/mol. The number of Topliss-reactive ketones (excluding diaryl/α,β-unsaturated/α-hetero) is 2. The normalized spacial score (nSPS) is 8.47. The first-order chi connectivity index (χ1) is 46.2. The van der Waals surface area contributed by atoms with E-state index in [0.717, 1.165) is 89.1 Å². The quantitative estimate of drug-likeness (QED) is 0.126. The Morgan fingerprint density at radius 3 is 0.922 bits per heavy atom. The first-order valence-corrected chi connectivity index (χ1v) is 34.0. The number of fused-ring (bicyclic) bond motifs is 4. The standard InChI is InChI=1S/C22H12NO.2C15H10N.2C9H10O.9C2H6.6CH3.3Ir/c24-22-16-10-5-4-9-15(16)19-13-23-21(14-7-2-1-3-8-14)17-11-6-12-18(22)20(17)19;2*1-2-7-13(8-3-1)15-14-9-5-4-6-12(14)10-11-16-15;2*1-7-5-3-4-6-9(7)8(2)10;9*1-2;;;;;;;;;/h1-7,9-13H;2*1-7,9-11H;2*3-6H,1-2H3;9*1-2H3;6*1H3;;;/q3*-1;;;;;;;;;;;;6*-1;3*+3. The smallest absolute Gasteiger partial charge is 0.358 e. The molecule has 0 aliphatic heterocycles. The summed E-state index contributed by atoms with van der Waals surface area (Å²) in [6.45, 7) is 43.1. The van der Waals surface area contributed by atoms with Crippen molar-refractivity contribution >= 4 is 49.7 Å². The van der Waals surface area contributed by atoms with Crippen LogP contribution < -0.4 is 0 Å². The summed E-state index contributed by atoms with van der Waals surface area (Å²) >= 11 is 0. The molecule has 0 saturated heterocycles. The molecule has 9 heteroatoms. The van der Waals surface area contributed by atoms with Crippen molar-refractivity contribution in [1.82, 2.24) is 15.0 Å². The minimum Gasteiger partial charge on any atom is -0.358 e. The number of carbonyl (C=O) groups is 3. The van der Waals surface area contributed by atoms with Gasteiger partial charge < -0.3 is 59.5 Å². The predicted molar refractivity (Wildman–Crippen MR) is 450 cm³/mol. The van der Waals surface area contributed by atoms with Crippen molar-refractivity contribution in [3.63, 3.8) is 0 Å². The van der Waals surface area contributed by atoms with Crippen molar-refractivity contribution in [1.29, 1.82) is 0 Å². The van der Waals surface area contributed by atoms with Crippen LogP contribution in [-0.2, 0) is 60.3 Å². The Morgan fingerprint density at radius 2 is 0.592 bits per heavy atom. The number of ketones is 3. The maximum Gasteiger partial charge on any atom is 3.00 e. The maximum absolute atomic E-state index is 12.9. The molecule has 0 amide bonds. The van der Waals surface area contributed by atoms with Crippen LogP contribution in [-0.4, -0.2) is 32.3 Å². The van der Waals surface area contributed by atoms with Crippen LogP contribution in [0.1, 0.15) is 186 Å². The zero-order valence-electron chi connectivity index (χ0n) is 67.7. The van der Waals surface area contributed by atoms with E-state index in [9.17, 15) is 14.4 Å². The largest absolute Gasteiger partial charge is 3.00 e. The summed E-state index contributed by atoms with van der Waals surface area (Å²) < 4.78 is 0. The minimum atomic E-state index is 0. The van der Waals surface area contributed by atoms with Gasteiger partial charge >= 0.3 is 60.3 Å². The molecule has 13 rings (SSSR count). The zero-order valence-corrected chi connectivity index (χ0v) is 74.8. The number of benzene rings is 9. The molecule has 0 saturated carbocycles. The van der Waals surface area contributed by atoms with Gasteiger partial charge in [0, 0.05) is 46.4 Å². The molecular formula is C94H124Ir3N3O3. The first-order valence-electron chi connectivity index (χ1n) is 34.0. The van der Waals surface area contributed by atoms with Gasteiger partial charge in [0.05, 0.1) is 0 Å². The summed E-state index contributed by atoms with van der Waals surface area (Å²) in [6, 6.07) is 82.7. The van der Waals surface area contributed by atoms with Crippen LogP contribution in [0.25, 0.3) is 77.2 Å². The number of aromatic nitrogens is 3. The molecular weight excluding hydrogens is 1800 g/mol. The van der Waals surface area contributed by atoms with E-state index in [1.807, 2.05) is 357 Å². The fourth-order valence-corrected chi connectivity index (χ4v) is 9.20. The van der Waals surface area contributed by atoms with Crippen LogP contribution >= 0.6 is 0 Å². The van der Waals surface area contributed by atoms with E-state index < -0.39 is 0 Å². The third kappa shape index (κ3) is 35.5. The number of aryl methyl sites for hydroxylation is 2. The molecule has 0 radical (unpaired) electrons. The molecule has 3 aromatic heterocycles. The van der Waals surface area contributed by atoms with Crippen LogP contribution in [0.3, 0.4) is 0 Å². The van der Waals surface area contributed by atoms with Gasteiger partial charge in [0.15, 0.2) is 17.3 Å². The van der Waals surface area contributed by atoms with Gasteiger partial charge in [-0.3, -0.25) is 14.4 Å². The van der Waals surface area contributed by atoms with Crippen molar-refractivity contribution in [2.75, 3.05) is 0 Å². The van der Waals surface area contributed by atoms with Gasteiger partial charge in [0.2, 0.25) is 0 Å². The van der Waals surface area contributed by atoms with Crippen molar-refractivity contribution < 1.29 is 74.7 Å². The van der Waals surface area contributed by atoms with E-state index in [0.29, 0.717) is 0 Å². The molecule has 0 unspecified atom stereocenters. The Kier molecular flexibility index (Phi) is 80.4. The topological polar surface area (TPSA) is 89.9 Å². The summed E-state index contributed by atoms with van der Waals surface area (Å²) in [6.07, 6.45) is 5.57. The van der Waals surface area contributed by atoms with E-state index in [2.05, 4.69) is 52.4 Å². The molecule has 3 heterocycles. The first kappa shape index (κ1) is 116. The number of nitrogens with zero attached hydrogens (tertiary/aromatic N) is 3. The predicted octanol–water partition coefficient (Wildman–Crippen LogP) is 28.6. The van der Waals surface area contributed by atoms with E-state index in [1.54, 1.807) is 13.8 Å². The van der Waals surface area contributed by atoms with Crippen molar-refractivity contribution in [3.8, 4) is 44.9 Å². The van der Waals surface area contributed by atoms with Gasteiger partial charge in [-0.2, -0.15) is 0 Å². The van der Waals surface area contributed by atoms with Crippen LogP contribution in [0.15, 0.2) is 243 Å². The summed E-state index contributed by atoms with van der Waals surface area (Å²) in [7, 11) is 0. The summed E-state index contributed by atoms with van der Waals surface area (Å²) in [4.78, 5) is 48.2. The molecule has 12 aromatic rings. The molecule has 0 N–H and O–H groups in total. The summed E-state index contributed by atoms with van der Waals surface area (Å²) in [5.74, 6) is 0.356. The molecule has 0 bridgehead atoms. The van der Waals surface area contributed by atoms with E-state index in [1.165, 1.54) is 21.5 Å². The van der Waals surface area contributed by atoms with Crippen LogP contribution in [0.5, 0.6) is 0 Å². The number of hydrogen-bond donors (Lipinski definition) is 0. The molecule has 0 fully saturated rings. The molecule has 0 atom stereocenters. The molecule has 103 heavy (non-hydrogen) atoms. The van der Waals surface area contributed by atoms with E-state index in [4.69, 9.17) is 4.98 Å². The van der Waals surface area contributed by atoms with Crippen molar-refractivity contribution in [3.05, 3.63) is 339 Å². The third-order valence-corrected chi connectivity index (χ3v) is 12.9. The Balaban J connectivity index is -0.000000125. The molecule has 6 nitrogen and oxygen atoms in total. The Bertz CT molecular complexity index is 3830. The molecule has 1 aliphatic rings. The molecule has 560 valence electrons. The second-order valence-electron chi connectivity index (χ2n) is 18.0. The zero-order chi connectivity index (χ0) is 70.8. The van der Waals surface area contributed by atoms with Crippen LogP contribution in [0.2, 0.25) is 0 Å². The second kappa shape index (κ2) is 71.2. The van der Waals surface area contributed by atoms with Gasteiger partial charge in [-0.15, -0.1) is 108 Å². The number of hydrogen-bond acceptors (Lipinski definition) is 6. The van der Waals surface area contributed by atoms with E-state index in [-0.39, 0.29) is 122 Å². The van der Waals surface area contributed by atoms with E-state index >= 15 is 0 Å². The van der Waals surface area contributed by atoms with Gasteiger partial charge in [0.1, 0.15) is 0 Å².